The van der Waals surface area contributed by atoms with Gasteiger partial charge in [0.15, 0.2) is 5.71 Å². The van der Waals surface area contributed by atoms with E-state index in [-0.39, 0.29) is 17.7 Å². The van der Waals surface area contributed by atoms with Crippen molar-refractivity contribution >= 4 is 27.4 Å². The average Bonchev–Trinajstić information content (AvgIpc) is 2.43. The van der Waals surface area contributed by atoms with Crippen LogP contribution < -0.4 is 4.72 Å². The molecule has 0 radical (unpaired) electrons. The predicted octanol–water partition coefficient (Wildman–Crippen LogP) is -0.449. The van der Waals surface area contributed by atoms with Crippen LogP contribution in [0.15, 0.2) is 10.3 Å². The number of nitrogens with zero attached hydrogens (tertiary/aromatic N) is 3. The topological polar surface area (TPSA) is 110 Å². The zero-order chi connectivity index (χ0) is 16.8. The van der Waals surface area contributed by atoms with Crippen molar-refractivity contribution in [3.05, 3.63) is 0 Å². The van der Waals surface area contributed by atoms with E-state index in [1.54, 1.807) is 11.8 Å². The Bertz CT molecular complexity index is 550. The lowest BCUT2D eigenvalue weighted by Gasteiger charge is -2.32. The van der Waals surface area contributed by atoms with Gasteiger partial charge in [-0.3, -0.25) is 4.79 Å². The molecule has 1 saturated heterocycles. The van der Waals surface area contributed by atoms with Gasteiger partial charge in [0.2, 0.25) is 10.0 Å². The van der Waals surface area contributed by atoms with Crippen molar-refractivity contribution in [3.63, 3.8) is 0 Å². The van der Waals surface area contributed by atoms with Crippen LogP contribution in [0.1, 0.15) is 19.8 Å². The van der Waals surface area contributed by atoms with Gasteiger partial charge in [-0.1, -0.05) is 10.3 Å². The minimum absolute atomic E-state index is 0.0684. The van der Waals surface area contributed by atoms with Crippen LogP contribution in [0, 0.1) is 0 Å². The molecule has 1 N–H and O–H groups in total. The summed E-state index contributed by atoms with van der Waals surface area (Å²) in [6.07, 6.45) is 2.21. The Hall–Kier alpha value is -1.68. The standard InChI is InChI=1S/C12H22N4O5S/c1-9(13-20-2)11(14-21-3)12(17)16-7-5-10(6-8-16)15-22(4,18)19/h10,15H,5-8H2,1-4H3. The minimum atomic E-state index is -3.24. The number of hydrogen-bond donors (Lipinski definition) is 1. The lowest BCUT2D eigenvalue weighted by molar-refractivity contribution is -0.125. The second kappa shape index (κ2) is 8.08. The maximum atomic E-state index is 12.4. The fourth-order valence-corrected chi connectivity index (χ4v) is 3.03. The van der Waals surface area contributed by atoms with Gasteiger partial charge in [0.05, 0.1) is 6.26 Å². The third-order valence-corrected chi connectivity index (χ3v) is 3.88. The van der Waals surface area contributed by atoms with Gasteiger partial charge in [-0.2, -0.15) is 0 Å². The van der Waals surface area contributed by atoms with Crippen molar-refractivity contribution in [1.29, 1.82) is 0 Å². The molecule has 0 spiro atoms. The highest BCUT2D eigenvalue weighted by atomic mass is 32.2. The number of hydrogen-bond acceptors (Lipinski definition) is 7. The number of oxime groups is 2. The SMILES string of the molecule is CON=C(C)C(=NOC)C(=O)N1CCC(NS(C)(=O)=O)CC1. The summed E-state index contributed by atoms with van der Waals surface area (Å²) in [4.78, 5) is 23.4. The first-order chi connectivity index (χ1) is 10.3. The van der Waals surface area contributed by atoms with Crippen LogP contribution in [0.2, 0.25) is 0 Å². The molecule has 0 saturated carbocycles. The summed E-state index contributed by atoms with van der Waals surface area (Å²) in [5.74, 6) is -0.321. The Morgan fingerprint density at radius 3 is 2.18 bits per heavy atom. The summed E-state index contributed by atoms with van der Waals surface area (Å²) in [7, 11) is -0.521. The van der Waals surface area contributed by atoms with Gasteiger partial charge >= 0.3 is 0 Å². The monoisotopic (exact) mass is 334 g/mol. The Balaban J connectivity index is 2.71. The second-order valence-electron chi connectivity index (χ2n) is 4.94. The Kier molecular flexibility index (Phi) is 6.75. The van der Waals surface area contributed by atoms with Gasteiger partial charge in [-0.25, -0.2) is 13.1 Å². The molecule has 0 aliphatic carbocycles. The number of amides is 1. The van der Waals surface area contributed by atoms with Gasteiger partial charge in [-0.15, -0.1) is 0 Å². The van der Waals surface area contributed by atoms with E-state index in [9.17, 15) is 13.2 Å². The fourth-order valence-electron chi connectivity index (χ4n) is 2.18. The van der Waals surface area contributed by atoms with Crippen molar-refractivity contribution in [2.24, 2.45) is 10.3 Å². The van der Waals surface area contributed by atoms with E-state index in [2.05, 4.69) is 24.7 Å². The highest BCUT2D eigenvalue weighted by Crippen LogP contribution is 2.12. The Morgan fingerprint density at radius 2 is 1.73 bits per heavy atom. The smallest absolute Gasteiger partial charge is 0.277 e. The molecule has 1 heterocycles. The number of nitrogens with one attached hydrogen (secondary N) is 1. The van der Waals surface area contributed by atoms with Crippen molar-refractivity contribution in [1.82, 2.24) is 9.62 Å². The Labute approximate surface area is 130 Å². The fraction of sp³-hybridized carbons (Fsp3) is 0.750. The average molecular weight is 334 g/mol. The predicted molar refractivity (Wildman–Crippen MR) is 82.1 cm³/mol. The molecular weight excluding hydrogens is 312 g/mol. The molecular formula is C12H22N4O5S. The van der Waals surface area contributed by atoms with Gasteiger partial charge in [-0.05, 0) is 19.8 Å². The summed E-state index contributed by atoms with van der Waals surface area (Å²) in [5, 5.41) is 7.39. The van der Waals surface area contributed by atoms with E-state index in [1.165, 1.54) is 14.2 Å². The first-order valence-electron chi connectivity index (χ1n) is 6.74. The molecule has 0 aromatic carbocycles. The summed E-state index contributed by atoms with van der Waals surface area (Å²) < 4.78 is 25.0. The third-order valence-electron chi connectivity index (χ3n) is 3.12. The molecule has 1 aliphatic rings. The number of piperidine rings is 1. The molecule has 0 atom stereocenters. The number of carbonyl (C=O) groups excluding carboxylic acids is 1. The van der Waals surface area contributed by atoms with Crippen LogP contribution in [0.3, 0.4) is 0 Å². The molecule has 0 aromatic rings. The van der Waals surface area contributed by atoms with E-state index in [0.29, 0.717) is 31.6 Å². The third kappa shape index (κ3) is 5.60. The highest BCUT2D eigenvalue weighted by Gasteiger charge is 2.28. The second-order valence-corrected chi connectivity index (χ2v) is 6.72. The summed E-state index contributed by atoms with van der Waals surface area (Å²) >= 11 is 0. The number of sulfonamides is 1. The maximum absolute atomic E-state index is 12.4. The number of likely N-dealkylation sites (tertiary alicyclic amines) is 1. The zero-order valence-corrected chi connectivity index (χ0v) is 14.0. The van der Waals surface area contributed by atoms with Crippen LogP contribution in [0.25, 0.3) is 0 Å². The van der Waals surface area contributed by atoms with Crippen LogP contribution in [-0.2, 0) is 24.5 Å². The van der Waals surface area contributed by atoms with E-state index < -0.39 is 10.0 Å². The lowest BCUT2D eigenvalue weighted by atomic mass is 10.1. The first-order valence-corrected chi connectivity index (χ1v) is 8.63. The van der Waals surface area contributed by atoms with Gasteiger partial charge in [0.25, 0.3) is 5.91 Å². The number of carbonyl (C=O) groups is 1. The van der Waals surface area contributed by atoms with Gasteiger partial charge in [0.1, 0.15) is 19.9 Å². The molecule has 9 nitrogen and oxygen atoms in total. The van der Waals surface area contributed by atoms with Crippen molar-refractivity contribution < 1.29 is 22.9 Å². The summed E-state index contributed by atoms with van der Waals surface area (Å²) in [5.41, 5.74) is 0.379. The van der Waals surface area contributed by atoms with E-state index in [0.717, 1.165) is 6.26 Å². The van der Waals surface area contributed by atoms with Gasteiger partial charge < -0.3 is 14.6 Å². The molecule has 0 bridgehead atoms. The van der Waals surface area contributed by atoms with Crippen molar-refractivity contribution in [2.45, 2.75) is 25.8 Å². The van der Waals surface area contributed by atoms with Crippen LogP contribution in [-0.4, -0.2) is 70.3 Å². The summed E-state index contributed by atoms with van der Waals surface area (Å²) in [6, 6.07) is -0.157. The molecule has 1 amide bonds. The molecule has 1 fully saturated rings. The minimum Gasteiger partial charge on any atom is -0.399 e. The molecule has 10 heteroatoms. The van der Waals surface area contributed by atoms with Crippen LogP contribution in [0.4, 0.5) is 0 Å². The molecule has 22 heavy (non-hydrogen) atoms. The molecule has 1 rings (SSSR count). The zero-order valence-electron chi connectivity index (χ0n) is 13.2. The van der Waals surface area contributed by atoms with Crippen molar-refractivity contribution in [2.75, 3.05) is 33.6 Å². The maximum Gasteiger partial charge on any atom is 0.277 e. The molecule has 126 valence electrons. The van der Waals surface area contributed by atoms with E-state index >= 15 is 0 Å². The van der Waals surface area contributed by atoms with Crippen LogP contribution in [0.5, 0.6) is 0 Å². The molecule has 0 unspecified atom stereocenters. The highest BCUT2D eigenvalue weighted by molar-refractivity contribution is 7.88. The molecule has 0 aromatic heterocycles. The molecule has 1 aliphatic heterocycles. The normalized spacial score (nSPS) is 18.3. The number of rotatable bonds is 6. The summed E-state index contributed by atoms with van der Waals surface area (Å²) in [6.45, 7) is 2.45. The largest absolute Gasteiger partial charge is 0.399 e. The first kappa shape index (κ1) is 18.4. The lowest BCUT2D eigenvalue weighted by Crippen LogP contribution is -2.49. The quantitative estimate of drug-likeness (QED) is 0.523. The van der Waals surface area contributed by atoms with Crippen molar-refractivity contribution in [3.8, 4) is 0 Å². The van der Waals surface area contributed by atoms with E-state index in [4.69, 9.17) is 0 Å². The van der Waals surface area contributed by atoms with Crippen LogP contribution >= 0.6 is 0 Å². The Morgan fingerprint density at radius 1 is 1.18 bits per heavy atom. The van der Waals surface area contributed by atoms with E-state index in [1.807, 2.05) is 0 Å². The van der Waals surface area contributed by atoms with Gasteiger partial charge in [0, 0.05) is 19.1 Å².